The van der Waals surface area contributed by atoms with Gasteiger partial charge >= 0.3 is 0 Å². The topological polar surface area (TPSA) is 61.4 Å². The summed E-state index contributed by atoms with van der Waals surface area (Å²) in [4.78, 5) is 26.5. The lowest BCUT2D eigenvalue weighted by atomic mass is 9.96. The van der Waals surface area contributed by atoms with Crippen molar-refractivity contribution in [2.24, 2.45) is 5.92 Å². The van der Waals surface area contributed by atoms with E-state index in [-0.39, 0.29) is 17.4 Å². The van der Waals surface area contributed by atoms with Crippen LogP contribution >= 0.6 is 20.8 Å². The quantitative estimate of drug-likeness (QED) is 0.749. The fourth-order valence-corrected chi connectivity index (χ4v) is 3.80. The Morgan fingerprint density at radius 3 is 2.46 bits per heavy atom. The molecule has 5 nitrogen and oxygen atoms in total. The van der Waals surface area contributed by atoms with Crippen LogP contribution in [0, 0.1) is 5.92 Å². The number of likely N-dealkylation sites (tertiary alicyclic amines) is 1. The van der Waals surface area contributed by atoms with Crippen LogP contribution < -0.4 is 15.9 Å². The summed E-state index contributed by atoms with van der Waals surface area (Å²) in [6.45, 7) is 8.81. The molecular formula is C19H29ClN3O2P. The molecule has 26 heavy (non-hydrogen) atoms. The fraction of sp³-hybridized carbons (Fsp3) is 0.579. The predicted octanol–water partition coefficient (Wildman–Crippen LogP) is 2.20. The average Bonchev–Trinajstić information content (AvgIpc) is 2.51. The van der Waals surface area contributed by atoms with Crippen molar-refractivity contribution < 1.29 is 9.59 Å². The van der Waals surface area contributed by atoms with Crippen molar-refractivity contribution in [3.63, 3.8) is 0 Å². The number of piperidine rings is 1. The van der Waals surface area contributed by atoms with Gasteiger partial charge in [0.2, 0.25) is 5.91 Å². The van der Waals surface area contributed by atoms with E-state index >= 15 is 0 Å². The first-order valence-corrected chi connectivity index (χ1v) is 9.95. The van der Waals surface area contributed by atoms with Gasteiger partial charge in [0.05, 0.1) is 6.54 Å². The molecule has 1 unspecified atom stereocenters. The van der Waals surface area contributed by atoms with Crippen molar-refractivity contribution >= 4 is 38.0 Å². The zero-order valence-electron chi connectivity index (χ0n) is 15.8. The van der Waals surface area contributed by atoms with Crippen molar-refractivity contribution in [1.82, 2.24) is 15.5 Å². The van der Waals surface area contributed by atoms with E-state index in [9.17, 15) is 9.59 Å². The van der Waals surface area contributed by atoms with E-state index in [1.54, 1.807) is 12.1 Å². The summed E-state index contributed by atoms with van der Waals surface area (Å²) >= 11 is 6.01. The van der Waals surface area contributed by atoms with Gasteiger partial charge in [0.1, 0.15) is 0 Å². The molecule has 2 N–H and O–H groups in total. The van der Waals surface area contributed by atoms with Crippen LogP contribution in [0.1, 0.15) is 44.0 Å². The highest BCUT2D eigenvalue weighted by atomic mass is 35.5. The smallest absolute Gasteiger partial charge is 0.251 e. The third-order valence-electron chi connectivity index (χ3n) is 4.32. The lowest BCUT2D eigenvalue weighted by molar-refractivity contribution is -0.124. The van der Waals surface area contributed by atoms with Crippen LogP contribution in [0.25, 0.3) is 0 Å². The summed E-state index contributed by atoms with van der Waals surface area (Å²) in [5.74, 6) is 0.414. The summed E-state index contributed by atoms with van der Waals surface area (Å²) in [6, 6.07) is 5.29. The van der Waals surface area contributed by atoms with Gasteiger partial charge < -0.3 is 10.6 Å². The first-order valence-electron chi connectivity index (χ1n) is 9.00. The molecule has 1 saturated heterocycles. The molecular weight excluding hydrogens is 369 g/mol. The molecule has 1 fully saturated rings. The maximum absolute atomic E-state index is 12.3. The molecule has 0 spiro atoms. The van der Waals surface area contributed by atoms with Gasteiger partial charge in [-0.25, -0.2) is 0 Å². The lowest BCUT2D eigenvalue weighted by Crippen LogP contribution is -2.48. The summed E-state index contributed by atoms with van der Waals surface area (Å²) in [5, 5.41) is 7.45. The van der Waals surface area contributed by atoms with Gasteiger partial charge in [-0.1, -0.05) is 11.6 Å². The molecule has 2 amide bonds. The minimum absolute atomic E-state index is 0.0680. The van der Waals surface area contributed by atoms with Gasteiger partial charge in [0, 0.05) is 22.7 Å². The minimum atomic E-state index is -0.198. The Labute approximate surface area is 163 Å². The molecule has 1 aromatic rings. The summed E-state index contributed by atoms with van der Waals surface area (Å²) < 4.78 is 0. The van der Waals surface area contributed by atoms with E-state index in [0.29, 0.717) is 29.6 Å². The maximum atomic E-state index is 12.3. The van der Waals surface area contributed by atoms with Crippen molar-refractivity contribution in [2.45, 2.75) is 39.2 Å². The summed E-state index contributed by atoms with van der Waals surface area (Å²) in [5.41, 5.74) is 0.385. The first-order chi connectivity index (χ1) is 12.1. The molecule has 0 saturated carbocycles. The Balaban J connectivity index is 1.73. The van der Waals surface area contributed by atoms with Crippen LogP contribution in [-0.4, -0.2) is 48.4 Å². The largest absolute Gasteiger partial charge is 0.352 e. The molecule has 7 heteroatoms. The zero-order chi connectivity index (χ0) is 19.3. The highest BCUT2D eigenvalue weighted by molar-refractivity contribution is 7.27. The van der Waals surface area contributed by atoms with Gasteiger partial charge in [-0.15, -0.1) is 9.24 Å². The van der Waals surface area contributed by atoms with Gasteiger partial charge in [0.25, 0.3) is 5.91 Å². The summed E-state index contributed by atoms with van der Waals surface area (Å²) in [7, 11) is 2.56. The van der Waals surface area contributed by atoms with Crippen LogP contribution in [-0.2, 0) is 4.79 Å². The molecule has 1 aliphatic rings. The van der Waals surface area contributed by atoms with Crippen LogP contribution in [0.5, 0.6) is 0 Å². The highest BCUT2D eigenvalue weighted by Gasteiger charge is 2.23. The number of carbonyl (C=O) groups excluding carboxylic acids is 2. The number of benzene rings is 1. The molecule has 0 radical (unpaired) electrons. The Morgan fingerprint density at radius 1 is 1.23 bits per heavy atom. The lowest BCUT2D eigenvalue weighted by Gasteiger charge is -2.32. The van der Waals surface area contributed by atoms with Crippen molar-refractivity contribution in [3.8, 4) is 0 Å². The van der Waals surface area contributed by atoms with Gasteiger partial charge in [-0.05, 0) is 76.1 Å². The number of nitrogens with zero attached hydrogens (tertiary/aromatic N) is 1. The molecule has 1 aliphatic heterocycles. The van der Waals surface area contributed by atoms with Gasteiger partial charge in [-0.2, -0.15) is 0 Å². The third kappa shape index (κ3) is 7.22. The van der Waals surface area contributed by atoms with Crippen LogP contribution in [0.4, 0.5) is 0 Å². The molecule has 1 heterocycles. The van der Waals surface area contributed by atoms with Gasteiger partial charge in [-0.3, -0.25) is 14.5 Å². The van der Waals surface area contributed by atoms with E-state index in [0.717, 1.165) is 31.2 Å². The minimum Gasteiger partial charge on any atom is -0.352 e. The van der Waals surface area contributed by atoms with E-state index in [2.05, 4.69) is 24.8 Å². The SMILES string of the molecule is CC(C)(C)NC(=O)CN1CCC(CNC(=O)c2cc(P)cc(Cl)c2)CC1. The van der Waals surface area contributed by atoms with Crippen LogP contribution in [0.2, 0.25) is 5.02 Å². The monoisotopic (exact) mass is 397 g/mol. The van der Waals surface area contributed by atoms with Gasteiger partial charge in [0.15, 0.2) is 0 Å². The Kier molecular flexibility index (Phi) is 7.45. The predicted molar refractivity (Wildman–Crippen MR) is 110 cm³/mol. The second kappa shape index (κ2) is 9.16. The number of rotatable bonds is 5. The number of halogens is 1. The van der Waals surface area contributed by atoms with E-state index in [1.165, 1.54) is 0 Å². The highest BCUT2D eigenvalue weighted by Crippen LogP contribution is 2.17. The third-order valence-corrected chi connectivity index (χ3v) is 4.87. The second-order valence-electron chi connectivity index (χ2n) is 8.00. The summed E-state index contributed by atoms with van der Waals surface area (Å²) in [6.07, 6.45) is 1.96. The van der Waals surface area contributed by atoms with Crippen molar-refractivity contribution in [2.75, 3.05) is 26.2 Å². The number of nitrogens with one attached hydrogen (secondary N) is 2. The Morgan fingerprint density at radius 2 is 1.88 bits per heavy atom. The van der Waals surface area contributed by atoms with E-state index in [1.807, 2.05) is 26.8 Å². The molecule has 1 aromatic carbocycles. The van der Waals surface area contributed by atoms with Crippen molar-refractivity contribution in [1.29, 1.82) is 0 Å². The molecule has 0 aliphatic carbocycles. The fourth-order valence-electron chi connectivity index (χ4n) is 3.09. The average molecular weight is 398 g/mol. The first kappa shape index (κ1) is 21.1. The standard InChI is InChI=1S/C19H29ClN3O2P/c1-19(2,3)22-17(24)12-23-6-4-13(5-7-23)11-21-18(25)14-8-15(20)10-16(26)9-14/h8-10,13H,4-7,11-12,26H2,1-3H3,(H,21,25)(H,22,24). The maximum Gasteiger partial charge on any atom is 0.251 e. The second-order valence-corrected chi connectivity index (χ2v) is 9.10. The normalized spacial score (nSPS) is 16.3. The number of hydrogen-bond acceptors (Lipinski definition) is 3. The number of carbonyl (C=O) groups is 2. The van der Waals surface area contributed by atoms with E-state index < -0.39 is 0 Å². The molecule has 144 valence electrons. The van der Waals surface area contributed by atoms with Crippen LogP contribution in [0.3, 0.4) is 0 Å². The van der Waals surface area contributed by atoms with Crippen LogP contribution in [0.15, 0.2) is 18.2 Å². The molecule has 0 aromatic heterocycles. The number of amides is 2. The molecule has 1 atom stereocenters. The number of hydrogen-bond donors (Lipinski definition) is 2. The zero-order valence-corrected chi connectivity index (χ0v) is 17.7. The van der Waals surface area contributed by atoms with E-state index in [4.69, 9.17) is 11.6 Å². The molecule has 0 bridgehead atoms. The Hall–Kier alpha value is -1.16. The van der Waals surface area contributed by atoms with Crippen molar-refractivity contribution in [3.05, 3.63) is 28.8 Å². The molecule has 2 rings (SSSR count). The Bertz CT molecular complexity index is 632.